The van der Waals surface area contributed by atoms with Crippen LogP contribution in [-0.4, -0.2) is 16.1 Å². The highest BCUT2D eigenvalue weighted by Gasteiger charge is 2.07. The summed E-state index contributed by atoms with van der Waals surface area (Å²) in [5.41, 5.74) is 1.13. The van der Waals surface area contributed by atoms with Crippen molar-refractivity contribution in [3.8, 4) is 0 Å². The minimum Gasteiger partial charge on any atom is -0.478 e. The van der Waals surface area contributed by atoms with Crippen LogP contribution in [0, 0.1) is 6.92 Å². The molecule has 1 aromatic carbocycles. The second-order valence-corrected chi connectivity index (χ2v) is 4.71. The van der Waals surface area contributed by atoms with Crippen LogP contribution in [0.3, 0.4) is 0 Å². The molecule has 0 fully saturated rings. The van der Waals surface area contributed by atoms with Gasteiger partial charge in [0.2, 0.25) is 0 Å². The fourth-order valence-electron chi connectivity index (χ4n) is 1.48. The molecule has 1 heterocycles. The van der Waals surface area contributed by atoms with E-state index in [1.807, 2.05) is 24.3 Å². The van der Waals surface area contributed by atoms with Crippen LogP contribution < -0.4 is 0 Å². The Hall–Kier alpha value is -1.81. The van der Waals surface area contributed by atoms with Crippen molar-refractivity contribution in [2.24, 2.45) is 0 Å². The van der Waals surface area contributed by atoms with E-state index in [0.29, 0.717) is 5.56 Å². The molecule has 3 nitrogen and oxygen atoms in total. The molecule has 0 atom stereocenters. The summed E-state index contributed by atoms with van der Waals surface area (Å²) in [6.07, 6.45) is 3.47. The first-order valence-corrected chi connectivity index (χ1v) is 5.90. The Labute approximate surface area is 104 Å². The maximum Gasteiger partial charge on any atom is 0.335 e. The number of aryl methyl sites for hydroxylation is 1. The maximum atomic E-state index is 10.9. The maximum absolute atomic E-state index is 10.9. The standard InChI is InChI=1S/C13H11NO2S/c1-9-8-11(2-3-12(9)13(15)16)17-10-4-6-14-7-5-10/h2-8H,1H3,(H,15,16). The summed E-state index contributed by atoms with van der Waals surface area (Å²) < 4.78 is 0. The quantitative estimate of drug-likeness (QED) is 0.901. The molecule has 1 N–H and O–H groups in total. The van der Waals surface area contributed by atoms with Gasteiger partial charge < -0.3 is 5.11 Å². The molecule has 17 heavy (non-hydrogen) atoms. The smallest absolute Gasteiger partial charge is 0.335 e. The van der Waals surface area contributed by atoms with Gasteiger partial charge in [-0.15, -0.1) is 0 Å². The molecule has 4 heteroatoms. The van der Waals surface area contributed by atoms with Gasteiger partial charge in [0.05, 0.1) is 5.56 Å². The number of benzene rings is 1. The van der Waals surface area contributed by atoms with Crippen molar-refractivity contribution >= 4 is 17.7 Å². The van der Waals surface area contributed by atoms with Gasteiger partial charge in [0.25, 0.3) is 0 Å². The molecule has 2 aromatic rings. The molecular weight excluding hydrogens is 234 g/mol. The average molecular weight is 245 g/mol. The molecule has 0 spiro atoms. The molecule has 0 aliphatic heterocycles. The van der Waals surface area contributed by atoms with E-state index in [9.17, 15) is 4.79 Å². The third-order valence-electron chi connectivity index (χ3n) is 2.31. The van der Waals surface area contributed by atoms with Gasteiger partial charge in [-0.2, -0.15) is 0 Å². The summed E-state index contributed by atoms with van der Waals surface area (Å²) in [5, 5.41) is 8.93. The lowest BCUT2D eigenvalue weighted by Crippen LogP contribution is -1.98. The largest absolute Gasteiger partial charge is 0.478 e. The van der Waals surface area contributed by atoms with Crippen LogP contribution in [0.2, 0.25) is 0 Å². The molecule has 0 radical (unpaired) electrons. The van der Waals surface area contributed by atoms with E-state index in [0.717, 1.165) is 15.4 Å². The second-order valence-electron chi connectivity index (χ2n) is 3.57. The number of aromatic nitrogens is 1. The van der Waals surface area contributed by atoms with Crippen molar-refractivity contribution in [3.63, 3.8) is 0 Å². The normalized spacial score (nSPS) is 10.2. The summed E-state index contributed by atoms with van der Waals surface area (Å²) >= 11 is 1.59. The van der Waals surface area contributed by atoms with E-state index >= 15 is 0 Å². The third-order valence-corrected chi connectivity index (χ3v) is 3.31. The topological polar surface area (TPSA) is 50.2 Å². The lowest BCUT2D eigenvalue weighted by molar-refractivity contribution is 0.0696. The van der Waals surface area contributed by atoms with Crippen molar-refractivity contribution in [2.75, 3.05) is 0 Å². The van der Waals surface area contributed by atoms with Crippen molar-refractivity contribution in [2.45, 2.75) is 16.7 Å². The van der Waals surface area contributed by atoms with Crippen molar-refractivity contribution in [3.05, 3.63) is 53.9 Å². The van der Waals surface area contributed by atoms with E-state index in [2.05, 4.69) is 4.98 Å². The zero-order valence-electron chi connectivity index (χ0n) is 9.25. The van der Waals surface area contributed by atoms with Gasteiger partial charge in [0.1, 0.15) is 0 Å². The van der Waals surface area contributed by atoms with Crippen molar-refractivity contribution < 1.29 is 9.90 Å². The van der Waals surface area contributed by atoms with Crippen LogP contribution in [0.1, 0.15) is 15.9 Å². The Bertz CT molecular complexity index is 540. The van der Waals surface area contributed by atoms with E-state index in [1.54, 1.807) is 37.1 Å². The lowest BCUT2D eigenvalue weighted by Gasteiger charge is -2.05. The van der Waals surface area contributed by atoms with Crippen LogP contribution >= 0.6 is 11.8 Å². The van der Waals surface area contributed by atoms with E-state index in [-0.39, 0.29) is 0 Å². The van der Waals surface area contributed by atoms with Gasteiger partial charge >= 0.3 is 5.97 Å². The van der Waals surface area contributed by atoms with Gasteiger partial charge in [0.15, 0.2) is 0 Å². The Morgan fingerprint density at radius 3 is 2.47 bits per heavy atom. The van der Waals surface area contributed by atoms with Gasteiger partial charge in [-0.3, -0.25) is 4.98 Å². The van der Waals surface area contributed by atoms with E-state index in [1.165, 1.54) is 0 Å². The molecule has 0 aliphatic carbocycles. The van der Waals surface area contributed by atoms with Crippen LogP contribution in [0.25, 0.3) is 0 Å². The summed E-state index contributed by atoms with van der Waals surface area (Å²) in [6, 6.07) is 9.19. The Balaban J connectivity index is 2.24. The predicted octanol–water partition coefficient (Wildman–Crippen LogP) is 3.24. The van der Waals surface area contributed by atoms with Gasteiger partial charge in [-0.05, 0) is 42.8 Å². The van der Waals surface area contributed by atoms with E-state index in [4.69, 9.17) is 5.11 Å². The monoisotopic (exact) mass is 245 g/mol. The number of hydrogen-bond donors (Lipinski definition) is 1. The number of aromatic carboxylic acids is 1. The first-order valence-electron chi connectivity index (χ1n) is 5.08. The molecule has 1 aromatic heterocycles. The fraction of sp³-hybridized carbons (Fsp3) is 0.0769. The Kier molecular flexibility index (Phi) is 3.44. The van der Waals surface area contributed by atoms with Crippen LogP contribution in [0.5, 0.6) is 0 Å². The van der Waals surface area contributed by atoms with Gasteiger partial charge in [0, 0.05) is 22.2 Å². The third kappa shape index (κ3) is 2.85. The molecule has 2 rings (SSSR count). The second kappa shape index (κ2) is 5.01. The Morgan fingerprint density at radius 1 is 1.18 bits per heavy atom. The first kappa shape index (κ1) is 11.7. The molecule has 0 aliphatic rings. The van der Waals surface area contributed by atoms with Crippen molar-refractivity contribution in [1.82, 2.24) is 4.98 Å². The van der Waals surface area contributed by atoms with Crippen LogP contribution in [0.4, 0.5) is 0 Å². The minimum absolute atomic E-state index is 0.351. The first-order chi connectivity index (χ1) is 8.16. The predicted molar refractivity (Wildman–Crippen MR) is 66.5 cm³/mol. The molecule has 0 amide bonds. The molecule has 0 unspecified atom stereocenters. The fourth-order valence-corrected chi connectivity index (χ4v) is 2.38. The number of rotatable bonds is 3. The SMILES string of the molecule is Cc1cc(Sc2ccncc2)ccc1C(=O)O. The number of nitrogens with zero attached hydrogens (tertiary/aromatic N) is 1. The number of pyridine rings is 1. The van der Waals surface area contributed by atoms with Gasteiger partial charge in [-0.25, -0.2) is 4.79 Å². The number of carboxylic acids is 1. The number of carboxylic acid groups (broad SMARTS) is 1. The highest BCUT2D eigenvalue weighted by Crippen LogP contribution is 2.28. The molecule has 0 saturated heterocycles. The van der Waals surface area contributed by atoms with Gasteiger partial charge in [-0.1, -0.05) is 11.8 Å². The molecule has 0 bridgehead atoms. The number of hydrogen-bond acceptors (Lipinski definition) is 3. The highest BCUT2D eigenvalue weighted by atomic mass is 32.2. The van der Waals surface area contributed by atoms with Crippen LogP contribution in [0.15, 0.2) is 52.5 Å². The van der Waals surface area contributed by atoms with Crippen LogP contribution in [-0.2, 0) is 0 Å². The summed E-state index contributed by atoms with van der Waals surface area (Å²) in [5.74, 6) is -0.886. The Morgan fingerprint density at radius 2 is 1.88 bits per heavy atom. The molecule has 0 saturated carbocycles. The molecular formula is C13H11NO2S. The molecule has 86 valence electrons. The summed E-state index contributed by atoms with van der Waals surface area (Å²) in [6.45, 7) is 1.81. The average Bonchev–Trinajstić information content (AvgIpc) is 2.30. The zero-order chi connectivity index (χ0) is 12.3. The highest BCUT2D eigenvalue weighted by molar-refractivity contribution is 7.99. The lowest BCUT2D eigenvalue weighted by atomic mass is 10.1. The van der Waals surface area contributed by atoms with Crippen molar-refractivity contribution in [1.29, 1.82) is 0 Å². The zero-order valence-corrected chi connectivity index (χ0v) is 10.1. The minimum atomic E-state index is -0.886. The summed E-state index contributed by atoms with van der Waals surface area (Å²) in [7, 11) is 0. The van der Waals surface area contributed by atoms with E-state index < -0.39 is 5.97 Å². The number of carbonyl (C=O) groups is 1. The summed E-state index contributed by atoms with van der Waals surface area (Å²) in [4.78, 5) is 16.9.